The highest BCUT2D eigenvalue weighted by Gasteiger charge is 2.40. The lowest BCUT2D eigenvalue weighted by molar-refractivity contribution is -0.872. The van der Waals surface area contributed by atoms with Gasteiger partial charge in [-0.15, -0.1) is 0 Å². The highest BCUT2D eigenvalue weighted by molar-refractivity contribution is 5.88. The van der Waals surface area contributed by atoms with Crippen LogP contribution >= 0.6 is 0 Å². The van der Waals surface area contributed by atoms with Gasteiger partial charge in [-0.2, -0.15) is 13.2 Å². The Bertz CT molecular complexity index is 1260. The van der Waals surface area contributed by atoms with Crippen molar-refractivity contribution in [3.8, 4) is 28.4 Å². The maximum atomic E-state index is 14.1. The first-order valence-corrected chi connectivity index (χ1v) is 10.7. The SMILES string of the molecule is CCCc1cc2c(=O)c(-c3ccc4c(c3)OCCO4)c(C(F)(F)F)oc2c(C[NH+](C)C)c1O. The van der Waals surface area contributed by atoms with E-state index < -0.39 is 22.9 Å². The van der Waals surface area contributed by atoms with E-state index in [4.69, 9.17) is 13.9 Å². The van der Waals surface area contributed by atoms with Crippen molar-refractivity contribution in [1.82, 2.24) is 0 Å². The minimum atomic E-state index is -4.93. The molecule has 0 spiro atoms. The molecule has 0 amide bonds. The molecule has 4 rings (SSSR count). The number of hydrogen-bond donors (Lipinski definition) is 2. The van der Waals surface area contributed by atoms with Gasteiger partial charge in [0.25, 0.3) is 0 Å². The van der Waals surface area contributed by atoms with Crippen LogP contribution in [0.4, 0.5) is 13.2 Å². The second kappa shape index (κ2) is 8.62. The molecular weight excluding hydrogens is 439 g/mol. The third-order valence-electron chi connectivity index (χ3n) is 5.47. The largest absolute Gasteiger partial charge is 0.507 e. The Morgan fingerprint density at radius 1 is 1.09 bits per heavy atom. The Balaban J connectivity index is 2.08. The number of aryl methyl sites for hydroxylation is 1. The lowest BCUT2D eigenvalue weighted by Gasteiger charge is -2.20. The molecule has 2 heterocycles. The molecule has 1 aliphatic rings. The Labute approximate surface area is 188 Å². The van der Waals surface area contributed by atoms with Crippen LogP contribution in [0.2, 0.25) is 0 Å². The van der Waals surface area contributed by atoms with Crippen LogP contribution in [0.25, 0.3) is 22.1 Å². The zero-order valence-corrected chi connectivity index (χ0v) is 18.6. The second-order valence-electron chi connectivity index (χ2n) is 8.36. The number of benzene rings is 2. The highest BCUT2D eigenvalue weighted by atomic mass is 19.4. The number of fused-ring (bicyclic) bond motifs is 2. The zero-order chi connectivity index (χ0) is 23.9. The molecule has 2 aromatic carbocycles. The van der Waals surface area contributed by atoms with Crippen LogP contribution in [0, 0.1) is 0 Å². The number of alkyl halides is 3. The molecule has 0 bridgehead atoms. The molecule has 0 aliphatic carbocycles. The molecule has 0 radical (unpaired) electrons. The number of nitrogens with one attached hydrogen (secondary N) is 1. The number of aromatic hydroxyl groups is 1. The van der Waals surface area contributed by atoms with Gasteiger partial charge in [-0.25, -0.2) is 0 Å². The summed E-state index contributed by atoms with van der Waals surface area (Å²) >= 11 is 0. The topological polar surface area (TPSA) is 73.3 Å². The monoisotopic (exact) mass is 464 g/mol. The van der Waals surface area contributed by atoms with Crippen LogP contribution in [0.3, 0.4) is 0 Å². The molecule has 3 aromatic rings. The van der Waals surface area contributed by atoms with Crippen LogP contribution in [0.5, 0.6) is 17.2 Å². The molecule has 0 fully saturated rings. The minimum Gasteiger partial charge on any atom is -0.507 e. The molecule has 33 heavy (non-hydrogen) atoms. The number of rotatable bonds is 5. The minimum absolute atomic E-state index is 0.00499. The van der Waals surface area contributed by atoms with Crippen molar-refractivity contribution in [1.29, 1.82) is 0 Å². The summed E-state index contributed by atoms with van der Waals surface area (Å²) in [6.07, 6.45) is -3.78. The van der Waals surface area contributed by atoms with Crippen molar-refractivity contribution in [3.05, 3.63) is 51.4 Å². The molecule has 0 saturated carbocycles. The smallest absolute Gasteiger partial charge is 0.450 e. The molecule has 0 unspecified atom stereocenters. The van der Waals surface area contributed by atoms with Crippen LogP contribution in [-0.4, -0.2) is 32.4 Å². The first kappa shape index (κ1) is 23.0. The molecule has 1 aliphatic heterocycles. The summed E-state index contributed by atoms with van der Waals surface area (Å²) in [4.78, 5) is 14.4. The van der Waals surface area contributed by atoms with E-state index in [2.05, 4.69) is 0 Å². The fourth-order valence-electron chi connectivity index (χ4n) is 4.09. The van der Waals surface area contributed by atoms with Crippen molar-refractivity contribution in [2.75, 3.05) is 27.3 Å². The van der Waals surface area contributed by atoms with Crippen molar-refractivity contribution in [3.63, 3.8) is 0 Å². The molecule has 9 heteroatoms. The van der Waals surface area contributed by atoms with Gasteiger partial charge in [0, 0.05) is 0 Å². The molecule has 2 N–H and O–H groups in total. The second-order valence-corrected chi connectivity index (χ2v) is 8.36. The number of quaternary nitrogens is 1. The van der Waals surface area contributed by atoms with Crippen LogP contribution < -0.4 is 19.8 Å². The van der Waals surface area contributed by atoms with Crippen molar-refractivity contribution < 1.29 is 37.1 Å². The van der Waals surface area contributed by atoms with E-state index in [9.17, 15) is 23.1 Å². The van der Waals surface area contributed by atoms with Crippen molar-refractivity contribution in [2.24, 2.45) is 0 Å². The fourth-order valence-corrected chi connectivity index (χ4v) is 4.09. The van der Waals surface area contributed by atoms with Crippen LogP contribution in [0.1, 0.15) is 30.2 Å². The predicted molar refractivity (Wildman–Crippen MR) is 116 cm³/mol. The molecule has 0 saturated heterocycles. The number of phenolic OH excluding ortho intramolecular Hbond substituents is 1. The number of halogens is 3. The zero-order valence-electron chi connectivity index (χ0n) is 18.6. The van der Waals surface area contributed by atoms with E-state index in [1.165, 1.54) is 24.3 Å². The summed E-state index contributed by atoms with van der Waals surface area (Å²) < 4.78 is 58.7. The number of ether oxygens (including phenoxy) is 2. The summed E-state index contributed by atoms with van der Waals surface area (Å²) in [5.74, 6) is -0.876. The van der Waals surface area contributed by atoms with Crippen LogP contribution in [-0.2, 0) is 19.1 Å². The standard InChI is InChI=1S/C24H24F3NO5/c1-4-5-14-10-15-21(30)19(13-6-7-17-18(11-13)32-9-8-31-17)23(24(25,26)27)33-22(15)16(20(14)29)12-28(2)3/h6-7,10-11,29H,4-5,8-9,12H2,1-3H3/p+1. The maximum Gasteiger partial charge on any atom is 0.450 e. The van der Waals surface area contributed by atoms with Gasteiger partial charge in [-0.3, -0.25) is 4.79 Å². The Kier molecular flexibility index (Phi) is 6.00. The van der Waals surface area contributed by atoms with Crippen molar-refractivity contribution in [2.45, 2.75) is 32.5 Å². The Morgan fingerprint density at radius 3 is 2.42 bits per heavy atom. The van der Waals surface area contributed by atoms with Gasteiger partial charge in [0.1, 0.15) is 25.5 Å². The predicted octanol–water partition coefficient (Wildman–Crippen LogP) is 3.55. The van der Waals surface area contributed by atoms with E-state index >= 15 is 0 Å². The van der Waals surface area contributed by atoms with Gasteiger partial charge >= 0.3 is 6.18 Å². The molecular formula is C24H25F3NO5+. The van der Waals surface area contributed by atoms with Gasteiger partial charge in [0.2, 0.25) is 11.2 Å². The van der Waals surface area contributed by atoms with E-state index in [-0.39, 0.29) is 46.7 Å². The summed E-state index contributed by atoms with van der Waals surface area (Å²) in [5, 5.41) is 10.8. The van der Waals surface area contributed by atoms with Gasteiger partial charge in [0.05, 0.1) is 30.6 Å². The first-order valence-electron chi connectivity index (χ1n) is 10.7. The Morgan fingerprint density at radius 2 is 1.79 bits per heavy atom. The van der Waals surface area contributed by atoms with Crippen LogP contribution in [0.15, 0.2) is 33.5 Å². The van der Waals surface area contributed by atoms with Gasteiger partial charge < -0.3 is 23.9 Å². The molecule has 176 valence electrons. The summed E-state index contributed by atoms with van der Waals surface area (Å²) in [5.41, 5.74) is -0.941. The molecule has 6 nitrogen and oxygen atoms in total. The van der Waals surface area contributed by atoms with Gasteiger partial charge in [0.15, 0.2) is 17.1 Å². The van der Waals surface area contributed by atoms with E-state index in [0.29, 0.717) is 30.8 Å². The highest BCUT2D eigenvalue weighted by Crippen LogP contribution is 2.42. The third kappa shape index (κ3) is 4.25. The lowest BCUT2D eigenvalue weighted by atomic mass is 9.96. The quantitative estimate of drug-likeness (QED) is 0.604. The fraction of sp³-hybridized carbons (Fsp3) is 0.375. The average molecular weight is 464 g/mol. The van der Waals surface area contributed by atoms with E-state index in [1.807, 2.05) is 6.92 Å². The van der Waals surface area contributed by atoms with Crippen molar-refractivity contribution >= 4 is 11.0 Å². The molecule has 1 aromatic heterocycles. The Hall–Kier alpha value is -3.20. The maximum absolute atomic E-state index is 14.1. The average Bonchev–Trinajstić information content (AvgIpc) is 2.76. The normalized spacial score (nSPS) is 13.7. The number of hydrogen-bond acceptors (Lipinski definition) is 5. The summed E-state index contributed by atoms with van der Waals surface area (Å²) in [6, 6.07) is 5.67. The number of phenols is 1. The summed E-state index contributed by atoms with van der Waals surface area (Å²) in [7, 11) is 3.59. The van der Waals surface area contributed by atoms with E-state index in [0.717, 1.165) is 4.90 Å². The lowest BCUT2D eigenvalue weighted by Crippen LogP contribution is -3.04. The first-order chi connectivity index (χ1) is 15.6. The molecule has 0 atom stereocenters. The van der Waals surface area contributed by atoms with Gasteiger partial charge in [-0.1, -0.05) is 19.4 Å². The third-order valence-corrected chi connectivity index (χ3v) is 5.47. The summed E-state index contributed by atoms with van der Waals surface area (Å²) in [6.45, 7) is 2.68. The van der Waals surface area contributed by atoms with Gasteiger partial charge in [-0.05, 0) is 35.7 Å². The van der Waals surface area contributed by atoms with E-state index in [1.54, 1.807) is 14.1 Å².